The molecule has 0 aliphatic rings. The summed E-state index contributed by atoms with van der Waals surface area (Å²) < 4.78 is 4.87. The van der Waals surface area contributed by atoms with E-state index >= 15 is 0 Å². The van der Waals surface area contributed by atoms with Crippen molar-refractivity contribution >= 4 is 40.8 Å². The molecule has 5 heteroatoms. The van der Waals surface area contributed by atoms with Crippen molar-refractivity contribution in [1.82, 2.24) is 5.16 Å². The minimum absolute atomic E-state index is 0. The molecule has 64 valence electrons. The molecule has 0 spiro atoms. The maximum absolute atomic E-state index is 5.70. The highest BCUT2D eigenvalue weighted by atomic mass is 35.5. The minimum atomic E-state index is 0. The molecule has 1 heterocycles. The molecule has 3 nitrogen and oxygen atoms in total. The summed E-state index contributed by atoms with van der Waals surface area (Å²) in [5.74, 6) is 0.400. The minimum Gasteiger partial charge on any atom is -0.380 e. The molecule has 1 aromatic heterocycles. The monoisotopic (exact) mass is 204 g/mol. The Kier molecular flexibility index (Phi) is 2.45. The van der Waals surface area contributed by atoms with Crippen molar-refractivity contribution in [2.24, 2.45) is 0 Å². The van der Waals surface area contributed by atoms with E-state index in [1.54, 1.807) is 18.2 Å². The maximum atomic E-state index is 5.70. The van der Waals surface area contributed by atoms with Gasteiger partial charge in [-0.15, -0.1) is 12.4 Å². The molecular formula is C7H6Cl2N2O. The summed E-state index contributed by atoms with van der Waals surface area (Å²) in [6.07, 6.45) is 0. The van der Waals surface area contributed by atoms with E-state index in [1.165, 1.54) is 0 Å². The summed E-state index contributed by atoms with van der Waals surface area (Å²) in [6.45, 7) is 0. The molecule has 2 N–H and O–H groups in total. The van der Waals surface area contributed by atoms with Crippen molar-refractivity contribution in [3.8, 4) is 0 Å². The molecule has 0 fully saturated rings. The van der Waals surface area contributed by atoms with Crippen molar-refractivity contribution in [3.05, 3.63) is 23.2 Å². The molecule has 0 amide bonds. The normalized spacial score (nSPS) is 9.75. The van der Waals surface area contributed by atoms with E-state index in [9.17, 15) is 0 Å². The maximum Gasteiger partial charge on any atom is 0.174 e. The first-order valence-corrected chi connectivity index (χ1v) is 3.45. The number of rotatable bonds is 0. The zero-order chi connectivity index (χ0) is 7.84. The predicted molar refractivity (Wildman–Crippen MR) is 50.7 cm³/mol. The molecular weight excluding hydrogens is 199 g/mol. The average molecular weight is 205 g/mol. The number of nitrogens with two attached hydrogens (primary N) is 1. The third-order valence-corrected chi connectivity index (χ3v) is 1.70. The van der Waals surface area contributed by atoms with Crippen LogP contribution in [0.5, 0.6) is 0 Å². The van der Waals surface area contributed by atoms with Crippen molar-refractivity contribution in [2.75, 3.05) is 5.73 Å². The number of benzene rings is 1. The second-order valence-corrected chi connectivity index (χ2v) is 2.64. The van der Waals surface area contributed by atoms with E-state index in [0.29, 0.717) is 16.4 Å². The molecule has 0 radical (unpaired) electrons. The van der Waals surface area contributed by atoms with Gasteiger partial charge in [0.15, 0.2) is 11.4 Å². The van der Waals surface area contributed by atoms with E-state index in [4.69, 9.17) is 21.9 Å². The van der Waals surface area contributed by atoms with Gasteiger partial charge in [-0.3, -0.25) is 0 Å². The van der Waals surface area contributed by atoms with Gasteiger partial charge in [0.1, 0.15) is 0 Å². The van der Waals surface area contributed by atoms with Crippen LogP contribution in [0.4, 0.5) is 5.82 Å². The Hall–Kier alpha value is -0.930. The Morgan fingerprint density at radius 2 is 2.17 bits per heavy atom. The molecule has 0 saturated carbocycles. The van der Waals surface area contributed by atoms with Gasteiger partial charge in [-0.2, -0.15) is 0 Å². The zero-order valence-corrected chi connectivity index (χ0v) is 7.52. The van der Waals surface area contributed by atoms with Gasteiger partial charge in [0.05, 0.1) is 5.39 Å². The van der Waals surface area contributed by atoms with Crippen LogP contribution in [0.25, 0.3) is 11.0 Å². The average Bonchev–Trinajstić information content (AvgIpc) is 2.32. The van der Waals surface area contributed by atoms with Crippen molar-refractivity contribution in [2.45, 2.75) is 0 Å². The van der Waals surface area contributed by atoms with E-state index in [2.05, 4.69) is 5.16 Å². The summed E-state index contributed by atoms with van der Waals surface area (Å²) in [4.78, 5) is 0. The highest BCUT2D eigenvalue weighted by Gasteiger charge is 2.03. The highest BCUT2D eigenvalue weighted by molar-refractivity contribution is 6.31. The Bertz CT molecular complexity index is 399. The van der Waals surface area contributed by atoms with Crippen LogP contribution >= 0.6 is 24.0 Å². The Balaban J connectivity index is 0.000000720. The van der Waals surface area contributed by atoms with Crippen LogP contribution in [0.3, 0.4) is 0 Å². The number of aromatic nitrogens is 1. The van der Waals surface area contributed by atoms with Gasteiger partial charge in [0.25, 0.3) is 0 Å². The summed E-state index contributed by atoms with van der Waals surface area (Å²) in [5, 5.41) is 5.00. The first-order valence-electron chi connectivity index (χ1n) is 3.08. The van der Waals surface area contributed by atoms with Crippen LogP contribution in [-0.4, -0.2) is 5.16 Å². The molecule has 0 aliphatic carbocycles. The topological polar surface area (TPSA) is 52.0 Å². The Morgan fingerprint density at radius 3 is 2.92 bits per heavy atom. The number of hydrogen-bond donors (Lipinski definition) is 1. The SMILES string of the molecule is Cl.Nc1noc2cc(Cl)ccc12. The fourth-order valence-electron chi connectivity index (χ4n) is 0.931. The molecule has 0 saturated heterocycles. The summed E-state index contributed by atoms with van der Waals surface area (Å²) >= 11 is 5.70. The standard InChI is InChI=1S/C7H5ClN2O.ClH/c8-4-1-2-5-6(3-4)11-10-7(5)9;/h1-3H,(H2,9,10);1H. The largest absolute Gasteiger partial charge is 0.380 e. The molecule has 0 bridgehead atoms. The number of halogens is 2. The summed E-state index contributed by atoms with van der Waals surface area (Å²) in [7, 11) is 0. The third-order valence-electron chi connectivity index (χ3n) is 1.46. The van der Waals surface area contributed by atoms with Crippen LogP contribution in [0.2, 0.25) is 5.02 Å². The lowest BCUT2D eigenvalue weighted by atomic mass is 10.2. The molecule has 1 aromatic carbocycles. The summed E-state index contributed by atoms with van der Waals surface area (Å²) in [6, 6.07) is 5.21. The van der Waals surface area contributed by atoms with Crippen molar-refractivity contribution in [1.29, 1.82) is 0 Å². The number of nitrogen functional groups attached to an aromatic ring is 1. The Labute approximate surface area is 79.9 Å². The van der Waals surface area contributed by atoms with Gasteiger partial charge >= 0.3 is 0 Å². The van der Waals surface area contributed by atoms with Crippen LogP contribution in [-0.2, 0) is 0 Å². The van der Waals surface area contributed by atoms with Crippen LogP contribution in [0.1, 0.15) is 0 Å². The van der Waals surface area contributed by atoms with Crippen molar-refractivity contribution < 1.29 is 4.52 Å². The highest BCUT2D eigenvalue weighted by Crippen LogP contribution is 2.23. The van der Waals surface area contributed by atoms with Crippen LogP contribution in [0, 0.1) is 0 Å². The molecule has 0 aliphatic heterocycles. The number of nitrogens with zero attached hydrogens (tertiary/aromatic N) is 1. The van der Waals surface area contributed by atoms with Gasteiger partial charge in [0, 0.05) is 11.1 Å². The fraction of sp³-hybridized carbons (Fsp3) is 0. The first-order chi connectivity index (χ1) is 5.27. The molecule has 0 unspecified atom stereocenters. The van der Waals surface area contributed by atoms with Crippen molar-refractivity contribution in [3.63, 3.8) is 0 Å². The molecule has 2 rings (SSSR count). The predicted octanol–water partition coefficient (Wildman–Crippen LogP) is 2.49. The van der Waals surface area contributed by atoms with E-state index in [1.807, 2.05) is 0 Å². The smallest absolute Gasteiger partial charge is 0.174 e. The lowest BCUT2D eigenvalue weighted by Crippen LogP contribution is -1.82. The second-order valence-electron chi connectivity index (χ2n) is 2.21. The van der Waals surface area contributed by atoms with Gasteiger partial charge in [-0.25, -0.2) is 0 Å². The lowest BCUT2D eigenvalue weighted by Gasteiger charge is -1.87. The van der Waals surface area contributed by atoms with Gasteiger partial charge in [-0.05, 0) is 12.1 Å². The fourth-order valence-corrected chi connectivity index (χ4v) is 1.09. The third kappa shape index (κ3) is 1.33. The zero-order valence-electron chi connectivity index (χ0n) is 5.95. The van der Waals surface area contributed by atoms with Gasteiger partial charge < -0.3 is 10.3 Å². The van der Waals surface area contributed by atoms with Gasteiger partial charge in [-0.1, -0.05) is 16.8 Å². The Morgan fingerprint density at radius 1 is 1.42 bits per heavy atom. The summed E-state index contributed by atoms with van der Waals surface area (Å²) in [5.41, 5.74) is 6.10. The lowest BCUT2D eigenvalue weighted by molar-refractivity contribution is 0.460. The number of hydrogen-bond acceptors (Lipinski definition) is 3. The van der Waals surface area contributed by atoms with Gasteiger partial charge in [0.2, 0.25) is 0 Å². The van der Waals surface area contributed by atoms with Crippen LogP contribution < -0.4 is 5.73 Å². The first kappa shape index (κ1) is 9.16. The van der Waals surface area contributed by atoms with E-state index in [-0.39, 0.29) is 12.4 Å². The molecule has 12 heavy (non-hydrogen) atoms. The molecule has 2 aromatic rings. The number of anilines is 1. The quantitative estimate of drug-likeness (QED) is 0.718. The van der Waals surface area contributed by atoms with E-state index in [0.717, 1.165) is 5.39 Å². The van der Waals surface area contributed by atoms with Crippen LogP contribution in [0.15, 0.2) is 22.7 Å². The van der Waals surface area contributed by atoms with E-state index < -0.39 is 0 Å². The second kappa shape index (κ2) is 3.21. The molecule has 0 atom stereocenters. The number of fused-ring (bicyclic) bond motifs is 1.